The van der Waals surface area contributed by atoms with Crippen LogP contribution in [-0.4, -0.2) is 23.7 Å². The molecule has 2 N–H and O–H groups in total. The van der Waals surface area contributed by atoms with Crippen molar-refractivity contribution < 1.29 is 9.90 Å². The molecule has 0 heterocycles. The fourth-order valence-corrected chi connectivity index (χ4v) is 3.42. The fraction of sp³-hybridized carbons (Fsp3) is 0.632. The molecule has 1 amide bonds. The summed E-state index contributed by atoms with van der Waals surface area (Å²) in [5.41, 5.74) is 1.24. The molecule has 0 aromatic heterocycles. The average Bonchev–Trinajstić information content (AvgIpc) is 2.51. The van der Waals surface area contributed by atoms with Gasteiger partial charge >= 0.3 is 0 Å². The lowest BCUT2D eigenvalue weighted by Gasteiger charge is -2.26. The Morgan fingerprint density at radius 1 is 1.27 bits per heavy atom. The van der Waals surface area contributed by atoms with E-state index in [1.165, 1.54) is 5.56 Å². The summed E-state index contributed by atoms with van der Waals surface area (Å²) in [6.07, 6.45) is 4.28. The molecular formula is C19H29NO2. The Balaban J connectivity index is 1.84. The van der Waals surface area contributed by atoms with E-state index in [-0.39, 0.29) is 17.9 Å². The average molecular weight is 303 g/mol. The van der Waals surface area contributed by atoms with Crippen LogP contribution in [0.15, 0.2) is 30.3 Å². The van der Waals surface area contributed by atoms with Crippen molar-refractivity contribution in [3.63, 3.8) is 0 Å². The van der Waals surface area contributed by atoms with Crippen LogP contribution in [0.3, 0.4) is 0 Å². The van der Waals surface area contributed by atoms with Gasteiger partial charge < -0.3 is 10.4 Å². The number of carbonyl (C=O) groups is 1. The SMILES string of the molecule is CC(C)C(CC(=O)NCC1CCCC(O)C1)c1ccccc1. The van der Waals surface area contributed by atoms with E-state index >= 15 is 0 Å². The number of hydrogen-bond donors (Lipinski definition) is 2. The lowest BCUT2D eigenvalue weighted by atomic mass is 9.85. The third-order valence-corrected chi connectivity index (χ3v) is 4.78. The van der Waals surface area contributed by atoms with Crippen LogP contribution in [0, 0.1) is 11.8 Å². The van der Waals surface area contributed by atoms with Gasteiger partial charge in [-0.15, -0.1) is 0 Å². The molecule has 1 saturated carbocycles. The molecular weight excluding hydrogens is 274 g/mol. The lowest BCUT2D eigenvalue weighted by Crippen LogP contribution is -2.34. The number of hydrogen-bond acceptors (Lipinski definition) is 2. The quantitative estimate of drug-likeness (QED) is 0.845. The van der Waals surface area contributed by atoms with Gasteiger partial charge in [0.2, 0.25) is 5.91 Å². The Labute approximate surface area is 134 Å². The summed E-state index contributed by atoms with van der Waals surface area (Å²) in [6.45, 7) is 5.04. The summed E-state index contributed by atoms with van der Waals surface area (Å²) >= 11 is 0. The highest BCUT2D eigenvalue weighted by Crippen LogP contribution is 2.28. The minimum absolute atomic E-state index is 0.127. The van der Waals surface area contributed by atoms with Crippen LogP contribution < -0.4 is 5.32 Å². The van der Waals surface area contributed by atoms with Crippen molar-refractivity contribution in [3.05, 3.63) is 35.9 Å². The Morgan fingerprint density at radius 2 is 2.00 bits per heavy atom. The van der Waals surface area contributed by atoms with Crippen LogP contribution in [0.5, 0.6) is 0 Å². The molecule has 122 valence electrons. The second-order valence-electron chi connectivity index (χ2n) is 6.96. The van der Waals surface area contributed by atoms with Crippen molar-refractivity contribution in [1.29, 1.82) is 0 Å². The van der Waals surface area contributed by atoms with Gasteiger partial charge in [0, 0.05) is 13.0 Å². The Kier molecular flexibility index (Phi) is 6.44. The summed E-state index contributed by atoms with van der Waals surface area (Å²) in [5.74, 6) is 1.26. The molecule has 2 rings (SSSR count). The normalized spacial score (nSPS) is 23.3. The smallest absolute Gasteiger partial charge is 0.220 e. The van der Waals surface area contributed by atoms with E-state index in [2.05, 4.69) is 31.3 Å². The van der Waals surface area contributed by atoms with Crippen LogP contribution in [0.2, 0.25) is 0 Å². The number of carbonyl (C=O) groups excluding carboxylic acids is 1. The summed E-state index contributed by atoms with van der Waals surface area (Å²) in [7, 11) is 0. The predicted molar refractivity (Wildman–Crippen MR) is 89.6 cm³/mol. The standard InChI is InChI=1S/C19H29NO2/c1-14(2)18(16-8-4-3-5-9-16)12-19(22)20-13-15-7-6-10-17(21)11-15/h3-5,8-9,14-15,17-18,21H,6-7,10-13H2,1-2H3,(H,20,22). The summed E-state index contributed by atoms with van der Waals surface area (Å²) in [5, 5.41) is 12.8. The zero-order chi connectivity index (χ0) is 15.9. The van der Waals surface area contributed by atoms with Crippen LogP contribution in [-0.2, 0) is 4.79 Å². The second kappa shape index (κ2) is 8.33. The second-order valence-corrected chi connectivity index (χ2v) is 6.96. The first kappa shape index (κ1) is 17.0. The molecule has 0 saturated heterocycles. The van der Waals surface area contributed by atoms with Crippen LogP contribution >= 0.6 is 0 Å². The zero-order valence-electron chi connectivity index (χ0n) is 13.8. The van der Waals surface area contributed by atoms with Crippen molar-refractivity contribution in [2.24, 2.45) is 11.8 Å². The minimum atomic E-state index is -0.177. The monoisotopic (exact) mass is 303 g/mol. The maximum Gasteiger partial charge on any atom is 0.220 e. The first-order valence-corrected chi connectivity index (χ1v) is 8.56. The first-order chi connectivity index (χ1) is 10.6. The third kappa shape index (κ3) is 5.13. The molecule has 3 unspecified atom stereocenters. The van der Waals surface area contributed by atoms with Crippen molar-refractivity contribution in [1.82, 2.24) is 5.32 Å². The van der Waals surface area contributed by atoms with Gasteiger partial charge in [-0.3, -0.25) is 4.79 Å². The topological polar surface area (TPSA) is 49.3 Å². The van der Waals surface area contributed by atoms with Gasteiger partial charge in [0.1, 0.15) is 0 Å². The van der Waals surface area contributed by atoms with E-state index in [4.69, 9.17) is 0 Å². The maximum atomic E-state index is 12.3. The minimum Gasteiger partial charge on any atom is -0.393 e. The predicted octanol–water partition coefficient (Wildman–Crippen LogP) is 3.48. The number of aliphatic hydroxyl groups is 1. The van der Waals surface area contributed by atoms with Crippen molar-refractivity contribution in [2.75, 3.05) is 6.54 Å². The van der Waals surface area contributed by atoms with Crippen molar-refractivity contribution in [2.45, 2.75) is 58.0 Å². The Bertz CT molecular complexity index is 458. The van der Waals surface area contributed by atoms with Gasteiger partial charge in [0.05, 0.1) is 6.10 Å². The van der Waals surface area contributed by atoms with Gasteiger partial charge in [-0.25, -0.2) is 0 Å². The highest BCUT2D eigenvalue weighted by atomic mass is 16.3. The Morgan fingerprint density at radius 3 is 2.64 bits per heavy atom. The van der Waals surface area contributed by atoms with Gasteiger partial charge in [-0.05, 0) is 42.6 Å². The van der Waals surface area contributed by atoms with Crippen LogP contribution in [0.4, 0.5) is 0 Å². The summed E-state index contributed by atoms with van der Waals surface area (Å²) in [6, 6.07) is 10.3. The lowest BCUT2D eigenvalue weighted by molar-refractivity contribution is -0.122. The molecule has 1 aliphatic carbocycles. The number of benzene rings is 1. The molecule has 3 atom stereocenters. The number of nitrogens with one attached hydrogen (secondary N) is 1. The van der Waals surface area contributed by atoms with E-state index in [0.29, 0.717) is 24.8 Å². The van der Waals surface area contributed by atoms with E-state index in [9.17, 15) is 9.90 Å². The molecule has 1 aliphatic rings. The first-order valence-electron chi connectivity index (χ1n) is 8.56. The molecule has 1 aromatic carbocycles. The molecule has 0 radical (unpaired) electrons. The van der Waals surface area contributed by atoms with E-state index < -0.39 is 0 Å². The van der Waals surface area contributed by atoms with Gasteiger partial charge in [0.25, 0.3) is 0 Å². The third-order valence-electron chi connectivity index (χ3n) is 4.78. The molecule has 1 aromatic rings. The molecule has 0 bridgehead atoms. The molecule has 22 heavy (non-hydrogen) atoms. The largest absolute Gasteiger partial charge is 0.393 e. The van der Waals surface area contributed by atoms with E-state index in [1.54, 1.807) is 0 Å². The molecule has 3 nitrogen and oxygen atoms in total. The summed E-state index contributed by atoms with van der Waals surface area (Å²) in [4.78, 5) is 12.3. The Hall–Kier alpha value is -1.35. The molecule has 0 spiro atoms. The van der Waals surface area contributed by atoms with Crippen LogP contribution in [0.1, 0.15) is 57.4 Å². The van der Waals surface area contributed by atoms with Crippen molar-refractivity contribution >= 4 is 5.91 Å². The highest BCUT2D eigenvalue weighted by molar-refractivity contribution is 5.76. The van der Waals surface area contributed by atoms with Gasteiger partial charge in [-0.2, -0.15) is 0 Å². The maximum absolute atomic E-state index is 12.3. The highest BCUT2D eigenvalue weighted by Gasteiger charge is 2.22. The number of rotatable bonds is 6. The molecule has 1 fully saturated rings. The number of aliphatic hydroxyl groups excluding tert-OH is 1. The molecule has 3 heteroatoms. The van der Waals surface area contributed by atoms with Crippen molar-refractivity contribution in [3.8, 4) is 0 Å². The zero-order valence-corrected chi connectivity index (χ0v) is 13.8. The summed E-state index contributed by atoms with van der Waals surface area (Å²) < 4.78 is 0. The van der Waals surface area contributed by atoms with Gasteiger partial charge in [-0.1, -0.05) is 50.6 Å². The van der Waals surface area contributed by atoms with E-state index in [0.717, 1.165) is 25.7 Å². The molecule has 0 aliphatic heterocycles. The fourth-order valence-electron chi connectivity index (χ4n) is 3.42. The van der Waals surface area contributed by atoms with E-state index in [1.807, 2.05) is 18.2 Å². The number of amides is 1. The van der Waals surface area contributed by atoms with Gasteiger partial charge in [0.15, 0.2) is 0 Å². The van der Waals surface area contributed by atoms with Crippen LogP contribution in [0.25, 0.3) is 0 Å².